The smallest absolute Gasteiger partial charge is 0.161 e. The zero-order chi connectivity index (χ0) is 14.4. The van der Waals surface area contributed by atoms with Crippen LogP contribution in [-0.4, -0.2) is 17.2 Å². The summed E-state index contributed by atoms with van der Waals surface area (Å²) >= 11 is 1.51. The van der Waals surface area contributed by atoms with E-state index >= 15 is 0 Å². The first kappa shape index (κ1) is 14.8. The van der Waals surface area contributed by atoms with Crippen molar-refractivity contribution in [1.29, 1.82) is 0 Å². The molecule has 1 N–H and O–H groups in total. The highest BCUT2D eigenvalue weighted by Crippen LogP contribution is 2.28. The van der Waals surface area contributed by atoms with E-state index in [0.717, 1.165) is 28.4 Å². The lowest BCUT2D eigenvalue weighted by molar-refractivity contribution is 0.283. The minimum absolute atomic E-state index is 0.0433. The van der Waals surface area contributed by atoms with Gasteiger partial charge in [0.2, 0.25) is 0 Å². The first-order chi connectivity index (χ1) is 9.78. The minimum atomic E-state index is 0.0433. The highest BCUT2D eigenvalue weighted by atomic mass is 32.1. The highest BCUT2D eigenvalue weighted by Gasteiger charge is 2.11. The average molecular weight is 293 g/mol. The van der Waals surface area contributed by atoms with Crippen LogP contribution in [0.1, 0.15) is 28.9 Å². The summed E-state index contributed by atoms with van der Waals surface area (Å²) in [6, 6.07) is 7.53. The normalized spacial score (nSPS) is 10.6. The van der Waals surface area contributed by atoms with Crippen LogP contribution in [0.2, 0.25) is 0 Å². The van der Waals surface area contributed by atoms with Crippen LogP contribution in [-0.2, 0) is 19.6 Å². The van der Waals surface area contributed by atoms with Crippen LogP contribution in [0.4, 0.5) is 0 Å². The van der Waals surface area contributed by atoms with Crippen LogP contribution in [0.25, 0.3) is 0 Å². The summed E-state index contributed by atoms with van der Waals surface area (Å²) in [6.07, 6.45) is 1.91. The molecule has 0 unspecified atom stereocenters. The second kappa shape index (κ2) is 7.26. The van der Waals surface area contributed by atoms with Gasteiger partial charge >= 0.3 is 0 Å². The van der Waals surface area contributed by atoms with Gasteiger partial charge in [0.1, 0.15) is 11.6 Å². The van der Waals surface area contributed by atoms with Gasteiger partial charge in [-0.25, -0.2) is 4.98 Å². The van der Waals surface area contributed by atoms with Crippen LogP contribution in [0.5, 0.6) is 11.5 Å². The molecule has 0 spiro atoms. The number of para-hydroxylation sites is 2. The summed E-state index contributed by atoms with van der Waals surface area (Å²) < 4.78 is 11.0. The van der Waals surface area contributed by atoms with Crippen molar-refractivity contribution in [3.63, 3.8) is 0 Å². The van der Waals surface area contributed by atoms with Gasteiger partial charge in [-0.3, -0.25) is 0 Å². The second-order valence-corrected chi connectivity index (χ2v) is 5.49. The Hall–Kier alpha value is -1.59. The van der Waals surface area contributed by atoms with Gasteiger partial charge in [0.25, 0.3) is 0 Å². The van der Waals surface area contributed by atoms with Crippen LogP contribution in [0.15, 0.2) is 24.3 Å². The zero-order valence-corrected chi connectivity index (χ0v) is 12.6. The number of hydrogen-bond acceptors (Lipinski definition) is 5. The lowest BCUT2D eigenvalue weighted by Gasteiger charge is -2.08. The molecule has 20 heavy (non-hydrogen) atoms. The molecule has 0 amide bonds. The SMILES string of the molecule is CCCc1nc(COc2ccccc2OC)sc1CO. The maximum atomic E-state index is 9.34. The molecule has 0 aliphatic rings. The maximum Gasteiger partial charge on any atom is 0.161 e. The first-order valence-corrected chi connectivity index (χ1v) is 7.44. The number of aryl methyl sites for hydroxylation is 1. The van der Waals surface area contributed by atoms with Crippen molar-refractivity contribution in [3.05, 3.63) is 39.8 Å². The number of hydrogen-bond donors (Lipinski definition) is 1. The molecule has 0 aliphatic carbocycles. The van der Waals surface area contributed by atoms with Crippen molar-refractivity contribution >= 4 is 11.3 Å². The van der Waals surface area contributed by atoms with E-state index in [4.69, 9.17) is 9.47 Å². The number of nitrogens with zero attached hydrogens (tertiary/aromatic N) is 1. The maximum absolute atomic E-state index is 9.34. The van der Waals surface area contributed by atoms with E-state index in [1.807, 2.05) is 24.3 Å². The molecule has 108 valence electrons. The molecule has 0 aliphatic heterocycles. The van der Waals surface area contributed by atoms with Crippen molar-refractivity contribution in [2.75, 3.05) is 7.11 Å². The second-order valence-electron chi connectivity index (χ2n) is 4.33. The molecule has 0 saturated carbocycles. The van der Waals surface area contributed by atoms with Crippen LogP contribution in [0, 0.1) is 0 Å². The van der Waals surface area contributed by atoms with Gasteiger partial charge in [0, 0.05) is 0 Å². The Balaban J connectivity index is 2.07. The zero-order valence-electron chi connectivity index (χ0n) is 11.8. The van der Waals surface area contributed by atoms with E-state index in [0.29, 0.717) is 18.1 Å². The number of thiazole rings is 1. The molecule has 0 atom stereocenters. The Bertz CT molecular complexity index is 554. The molecule has 2 aromatic rings. The van der Waals surface area contributed by atoms with E-state index in [2.05, 4.69) is 11.9 Å². The predicted molar refractivity (Wildman–Crippen MR) is 79.4 cm³/mol. The lowest BCUT2D eigenvalue weighted by atomic mass is 10.2. The molecular weight excluding hydrogens is 274 g/mol. The molecule has 2 rings (SSSR count). The van der Waals surface area contributed by atoms with E-state index in [-0.39, 0.29) is 6.61 Å². The summed E-state index contributed by atoms with van der Waals surface area (Å²) in [6.45, 7) is 2.54. The topological polar surface area (TPSA) is 51.6 Å². The number of aliphatic hydroxyl groups is 1. The Morgan fingerprint density at radius 1 is 1.25 bits per heavy atom. The summed E-state index contributed by atoms with van der Waals surface area (Å²) in [7, 11) is 1.62. The Kier molecular flexibility index (Phi) is 5.38. The Morgan fingerprint density at radius 3 is 2.65 bits per heavy atom. The van der Waals surface area contributed by atoms with E-state index < -0.39 is 0 Å². The molecule has 0 saturated heterocycles. The van der Waals surface area contributed by atoms with Gasteiger partial charge in [0.05, 0.1) is 24.3 Å². The lowest BCUT2D eigenvalue weighted by Crippen LogP contribution is -1.97. The Labute approximate surface area is 123 Å². The summed E-state index contributed by atoms with van der Waals surface area (Å²) in [5.74, 6) is 1.41. The van der Waals surface area contributed by atoms with Crippen LogP contribution >= 0.6 is 11.3 Å². The monoisotopic (exact) mass is 293 g/mol. The fourth-order valence-corrected chi connectivity index (χ4v) is 2.82. The van der Waals surface area contributed by atoms with Crippen molar-refractivity contribution < 1.29 is 14.6 Å². The number of benzene rings is 1. The van der Waals surface area contributed by atoms with E-state index in [9.17, 15) is 5.11 Å². The minimum Gasteiger partial charge on any atom is -0.493 e. The van der Waals surface area contributed by atoms with Crippen molar-refractivity contribution in [3.8, 4) is 11.5 Å². The van der Waals surface area contributed by atoms with Gasteiger partial charge in [-0.05, 0) is 18.6 Å². The summed E-state index contributed by atoms with van der Waals surface area (Å²) in [5.41, 5.74) is 0.985. The predicted octanol–water partition coefficient (Wildman–Crippen LogP) is 3.18. The highest BCUT2D eigenvalue weighted by molar-refractivity contribution is 7.11. The molecule has 0 bridgehead atoms. The number of rotatable bonds is 7. The fraction of sp³-hybridized carbons (Fsp3) is 0.400. The standard InChI is InChI=1S/C15H19NO3S/c1-3-6-11-14(9-17)20-15(16-11)10-19-13-8-5-4-7-12(13)18-2/h4-5,7-8,17H,3,6,9-10H2,1-2H3. The summed E-state index contributed by atoms with van der Waals surface area (Å²) in [4.78, 5) is 5.47. The third-order valence-electron chi connectivity index (χ3n) is 2.87. The van der Waals surface area contributed by atoms with E-state index in [1.165, 1.54) is 11.3 Å². The van der Waals surface area contributed by atoms with Crippen LogP contribution < -0.4 is 9.47 Å². The van der Waals surface area contributed by atoms with Gasteiger partial charge in [-0.2, -0.15) is 0 Å². The number of aromatic nitrogens is 1. The molecule has 5 heteroatoms. The number of aliphatic hydroxyl groups excluding tert-OH is 1. The quantitative estimate of drug-likeness (QED) is 0.852. The summed E-state index contributed by atoms with van der Waals surface area (Å²) in [5, 5.41) is 10.2. The number of methoxy groups -OCH3 is 1. The van der Waals surface area contributed by atoms with Gasteiger partial charge in [-0.15, -0.1) is 11.3 Å². The van der Waals surface area contributed by atoms with Crippen LogP contribution in [0.3, 0.4) is 0 Å². The third-order valence-corrected chi connectivity index (χ3v) is 3.93. The molecule has 0 fully saturated rings. The molecule has 1 aromatic heterocycles. The van der Waals surface area contributed by atoms with Gasteiger partial charge in [0.15, 0.2) is 11.5 Å². The van der Waals surface area contributed by atoms with Crippen molar-refractivity contribution in [2.24, 2.45) is 0 Å². The van der Waals surface area contributed by atoms with Crippen molar-refractivity contribution in [2.45, 2.75) is 33.0 Å². The Morgan fingerprint density at radius 2 is 2.00 bits per heavy atom. The molecule has 4 nitrogen and oxygen atoms in total. The average Bonchev–Trinajstić information content (AvgIpc) is 2.88. The molecular formula is C15H19NO3S. The largest absolute Gasteiger partial charge is 0.493 e. The van der Waals surface area contributed by atoms with Gasteiger partial charge < -0.3 is 14.6 Å². The van der Waals surface area contributed by atoms with Gasteiger partial charge in [-0.1, -0.05) is 25.5 Å². The van der Waals surface area contributed by atoms with Crippen molar-refractivity contribution in [1.82, 2.24) is 4.98 Å². The molecule has 1 heterocycles. The third kappa shape index (κ3) is 3.49. The van der Waals surface area contributed by atoms with E-state index in [1.54, 1.807) is 7.11 Å². The first-order valence-electron chi connectivity index (χ1n) is 6.62. The molecule has 1 aromatic carbocycles. The number of ether oxygens (including phenoxy) is 2. The fourth-order valence-electron chi connectivity index (χ4n) is 1.93. The molecule has 0 radical (unpaired) electrons.